The van der Waals surface area contributed by atoms with Crippen LogP contribution in [0.25, 0.3) is 0 Å². The van der Waals surface area contributed by atoms with Crippen molar-refractivity contribution < 1.29 is 52.6 Å². The summed E-state index contributed by atoms with van der Waals surface area (Å²) >= 11 is 2.39. The van der Waals surface area contributed by atoms with Crippen LogP contribution in [-0.2, 0) is 49.6 Å². The summed E-state index contributed by atoms with van der Waals surface area (Å²) in [5.41, 5.74) is 6.19. The molecule has 1 aliphatic rings. The van der Waals surface area contributed by atoms with Crippen molar-refractivity contribution in [3.05, 3.63) is 29.8 Å². The molecule has 1 aliphatic heterocycles. The first-order chi connectivity index (χ1) is 36.2. The Hall–Kier alpha value is -5.06. The molecule has 0 radical (unpaired) electrons. The van der Waals surface area contributed by atoms with Gasteiger partial charge in [0, 0.05) is 56.2 Å². The zero-order valence-corrected chi connectivity index (χ0v) is 50.7. The van der Waals surface area contributed by atoms with Crippen molar-refractivity contribution in [3.63, 3.8) is 0 Å². The average Bonchev–Trinajstić information content (AvgIpc) is 3.66. The topological polar surface area (TPSA) is 268 Å². The number of methoxy groups -OCH3 is 1. The third-order valence-electron chi connectivity index (χ3n) is 14.6. The number of hydrogen-bond acceptors (Lipinski definition) is 11. The number of nitrogens with zero attached hydrogens (tertiary/aromatic N) is 3. The Kier molecular flexibility index (Phi) is 29.5. The number of alkyl halides is 1. The smallest absolute Gasteiger partial charge is 0.410 e. The summed E-state index contributed by atoms with van der Waals surface area (Å²) in [7, 11) is 4.80. The monoisotopic (exact) mass is 1200 g/mol. The highest BCUT2D eigenvalue weighted by Crippen LogP contribution is 2.43. The van der Waals surface area contributed by atoms with E-state index >= 15 is 0 Å². The fourth-order valence-electron chi connectivity index (χ4n) is 10.0. The van der Waals surface area contributed by atoms with E-state index in [9.17, 15) is 43.2 Å². The minimum absolute atomic E-state index is 0.106. The van der Waals surface area contributed by atoms with E-state index in [0.29, 0.717) is 37.1 Å². The van der Waals surface area contributed by atoms with Crippen molar-refractivity contribution >= 4 is 81.8 Å². The first-order valence-corrected chi connectivity index (χ1v) is 28.8. The molecule has 0 aromatic heterocycles. The molecule has 7 N–H and O–H groups in total. The zero-order valence-electron chi connectivity index (χ0n) is 48.6. The van der Waals surface area contributed by atoms with Crippen LogP contribution in [-0.4, -0.2) is 142 Å². The highest BCUT2D eigenvalue weighted by Gasteiger charge is 2.49. The predicted molar refractivity (Wildman–Crippen MR) is 306 cm³/mol. The van der Waals surface area contributed by atoms with Gasteiger partial charge in [-0.15, -0.1) is 0 Å². The van der Waals surface area contributed by atoms with Crippen LogP contribution in [0.4, 0.5) is 15.3 Å². The molecule has 2 rings (SSSR count). The molecule has 3 unspecified atom stereocenters. The molecule has 10 amide bonds. The van der Waals surface area contributed by atoms with Gasteiger partial charge < -0.3 is 46.7 Å². The molecule has 1 fully saturated rings. The predicted octanol–water partition coefficient (Wildman–Crippen LogP) is 7.05. The Morgan fingerprint density at radius 1 is 0.779 bits per heavy atom. The molecular weight excluding hydrogens is 1100 g/mol. The Bertz CT molecular complexity index is 2090. The van der Waals surface area contributed by atoms with Crippen molar-refractivity contribution in [1.82, 2.24) is 36.0 Å². The molecule has 8 atom stereocenters. The first kappa shape index (κ1) is 68.0. The number of ether oxygens (including phenoxy) is 2. The van der Waals surface area contributed by atoms with E-state index in [0.717, 1.165) is 32.1 Å². The average molecular weight is 1200 g/mol. The van der Waals surface area contributed by atoms with Gasteiger partial charge in [-0.25, -0.2) is 9.59 Å². The van der Waals surface area contributed by atoms with Crippen molar-refractivity contribution in [2.24, 2.45) is 35.3 Å². The van der Waals surface area contributed by atoms with Crippen LogP contribution in [0.1, 0.15) is 159 Å². The summed E-state index contributed by atoms with van der Waals surface area (Å²) in [5, 5.41) is 13.8. The number of benzene rings is 1. The number of unbranched alkanes of at least 4 members (excludes halogenated alkanes) is 2. The maximum Gasteiger partial charge on any atom is 0.410 e. The first-order valence-electron chi connectivity index (χ1n) is 27.7. The summed E-state index contributed by atoms with van der Waals surface area (Å²) < 4.78 is 11.0. The fraction of sp³-hybridized carbons (Fsp3) is 0.732. The summed E-state index contributed by atoms with van der Waals surface area (Å²) in [4.78, 5) is 124. The van der Waals surface area contributed by atoms with Gasteiger partial charge in [0.2, 0.25) is 41.4 Å². The largest absolute Gasteiger partial charge is 0.445 e. The number of imide groups is 1. The lowest BCUT2D eigenvalue weighted by atomic mass is 9.84. The lowest BCUT2D eigenvalue weighted by Crippen LogP contribution is -2.59. The minimum atomic E-state index is -1.08. The molecule has 0 saturated carbocycles. The standard InChI is InChI=1S/C56H94IN9O11/c1-15-28-56(57,29-16-2)41-32-44(68)66(52(41)72)31-20-18-19-23-43(67)62-45(34(4)5)50(70)61-42(22-21-30-59-54(58)74)49(69)60-40-26-24-39(25-27-40)33-77-55(75)65(13)47(36(8)9)51(71)63-46(35(6)7)53(73)64(12)48(37(10)17-3)38(11)76-14/h24-27,34-38,41-42,45-48H,15-23,28-33H2,1-14H3,(H,60,69)(H,61,70)(H,62,67)(H,63,71)(H3,58,59,74)/t37-,38+,41?,42-,45?,46-,47-,48?/m0/s1. The second kappa shape index (κ2) is 33.4. The minimum Gasteiger partial charge on any atom is -0.445 e. The molecule has 0 bridgehead atoms. The molecule has 1 aromatic carbocycles. The summed E-state index contributed by atoms with van der Waals surface area (Å²) in [6.07, 6.45) is 5.79. The van der Waals surface area contributed by atoms with E-state index in [-0.39, 0.29) is 108 Å². The van der Waals surface area contributed by atoms with Crippen molar-refractivity contribution in [2.75, 3.05) is 39.6 Å². The number of hydrogen-bond donors (Lipinski definition) is 6. The van der Waals surface area contributed by atoms with Crippen molar-refractivity contribution in [1.29, 1.82) is 0 Å². The number of carbonyl (C=O) groups is 9. The molecule has 0 aliphatic carbocycles. The Morgan fingerprint density at radius 2 is 1.39 bits per heavy atom. The maximum absolute atomic E-state index is 14.0. The molecule has 20 nitrogen and oxygen atoms in total. The van der Waals surface area contributed by atoms with Gasteiger partial charge in [0.05, 0.1) is 18.1 Å². The molecule has 77 heavy (non-hydrogen) atoms. The number of halogens is 1. The van der Waals surface area contributed by atoms with Crippen molar-refractivity contribution in [3.8, 4) is 0 Å². The van der Waals surface area contributed by atoms with Gasteiger partial charge in [0.25, 0.3) is 0 Å². The fourth-order valence-corrected chi connectivity index (χ4v) is 11.6. The number of likely N-dealkylation sites (tertiary alicyclic amines) is 1. The van der Waals surface area contributed by atoms with Crippen LogP contribution in [0.15, 0.2) is 24.3 Å². The van der Waals surface area contributed by atoms with Gasteiger partial charge in [-0.3, -0.25) is 43.4 Å². The van der Waals surface area contributed by atoms with Crippen LogP contribution in [0.2, 0.25) is 0 Å². The second-order valence-electron chi connectivity index (χ2n) is 21.8. The van der Waals surface area contributed by atoms with E-state index in [1.807, 2.05) is 20.8 Å². The SMILES string of the molecule is CCCC(I)(CCC)C1CC(=O)N(CCCCCC(=O)NC(C(=O)N[C@@H](CCCNC(N)=O)C(=O)Nc2ccc(COC(=O)N(C)[C@H](C(=O)N[C@H](C(=O)N(C)C([C@@H](C)CC)[C@@H](C)OC)C(C)C)C(C)C)cc2)C(C)C)C1=O. The van der Waals surface area contributed by atoms with Crippen LogP contribution in [0, 0.1) is 29.6 Å². The van der Waals surface area contributed by atoms with Gasteiger partial charge >= 0.3 is 12.1 Å². The Labute approximate surface area is 472 Å². The number of likely N-dealkylation sites (N-methyl/N-ethyl adjacent to an activating group) is 2. The lowest BCUT2D eigenvalue weighted by Gasteiger charge is -2.39. The molecule has 436 valence electrons. The number of primary amides is 1. The van der Waals surface area contributed by atoms with E-state index in [1.54, 1.807) is 71.0 Å². The van der Waals surface area contributed by atoms with E-state index in [2.05, 4.69) is 76.9 Å². The molecule has 1 saturated heterocycles. The quantitative estimate of drug-likeness (QED) is 0.0176. The molecule has 21 heteroatoms. The van der Waals surface area contributed by atoms with Crippen LogP contribution < -0.4 is 32.3 Å². The number of rotatable bonds is 34. The maximum atomic E-state index is 14.0. The number of carbonyl (C=O) groups excluding carboxylic acids is 9. The third kappa shape index (κ3) is 20.9. The summed E-state index contributed by atoms with van der Waals surface area (Å²) in [6.45, 7) is 21.3. The molecule has 1 heterocycles. The van der Waals surface area contributed by atoms with E-state index < -0.39 is 54.0 Å². The number of urea groups is 1. The number of anilines is 1. The van der Waals surface area contributed by atoms with Gasteiger partial charge in [0.15, 0.2) is 0 Å². The van der Waals surface area contributed by atoms with Crippen LogP contribution >= 0.6 is 22.6 Å². The van der Waals surface area contributed by atoms with Crippen LogP contribution in [0.3, 0.4) is 0 Å². The van der Waals surface area contributed by atoms with Crippen molar-refractivity contribution in [2.45, 2.75) is 200 Å². The Balaban J connectivity index is 2.07. The van der Waals surface area contributed by atoms with Gasteiger partial charge in [-0.1, -0.05) is 130 Å². The zero-order chi connectivity index (χ0) is 58.3. The number of nitrogens with two attached hydrogens (primary N) is 1. The van der Waals surface area contributed by atoms with Crippen LogP contribution in [0.5, 0.6) is 0 Å². The van der Waals surface area contributed by atoms with E-state index in [4.69, 9.17) is 15.2 Å². The van der Waals surface area contributed by atoms with Gasteiger partial charge in [0.1, 0.15) is 30.8 Å². The third-order valence-corrected chi connectivity index (χ3v) is 16.5. The van der Waals surface area contributed by atoms with Gasteiger partial charge in [-0.05, 0) is 86.8 Å². The molecule has 1 aromatic rings. The highest BCUT2D eigenvalue weighted by atomic mass is 127. The number of nitrogens with one attached hydrogen (secondary N) is 5. The normalized spacial score (nSPS) is 16.5. The summed E-state index contributed by atoms with van der Waals surface area (Å²) in [5.74, 6) is -3.63. The highest BCUT2D eigenvalue weighted by molar-refractivity contribution is 14.1. The number of amides is 10. The Morgan fingerprint density at radius 3 is 1.92 bits per heavy atom. The molecule has 0 spiro atoms. The summed E-state index contributed by atoms with van der Waals surface area (Å²) in [6, 6.07) is 1.65. The molecular formula is C56H94IN9O11. The second-order valence-corrected chi connectivity index (χ2v) is 24.0. The van der Waals surface area contributed by atoms with E-state index in [1.165, 1.54) is 16.8 Å². The van der Waals surface area contributed by atoms with Gasteiger partial charge in [-0.2, -0.15) is 0 Å². The lowest BCUT2D eigenvalue weighted by molar-refractivity contribution is -0.143.